The number of nitrogens with zero attached hydrogens (tertiary/aromatic N) is 2. The molecule has 0 bridgehead atoms. The van der Waals surface area contributed by atoms with Crippen molar-refractivity contribution in [1.82, 2.24) is 9.78 Å². The van der Waals surface area contributed by atoms with E-state index in [9.17, 15) is 4.79 Å². The van der Waals surface area contributed by atoms with Gasteiger partial charge in [0, 0.05) is 27.9 Å². The van der Waals surface area contributed by atoms with Crippen molar-refractivity contribution < 1.29 is 14.6 Å². The number of halogens is 2. The monoisotopic (exact) mass is 400 g/mol. The van der Waals surface area contributed by atoms with Crippen molar-refractivity contribution >= 4 is 44.4 Å². The summed E-state index contributed by atoms with van der Waals surface area (Å²) in [6.45, 7) is 0.758. The first kappa shape index (κ1) is 16.7. The van der Waals surface area contributed by atoms with Crippen molar-refractivity contribution in [3.63, 3.8) is 0 Å². The van der Waals surface area contributed by atoms with E-state index in [1.807, 2.05) is 16.9 Å². The molecule has 23 heavy (non-hydrogen) atoms. The Kier molecular flexibility index (Phi) is 5.24. The molecule has 1 saturated heterocycles. The number of aliphatic carboxylic acids is 1. The van der Waals surface area contributed by atoms with Crippen molar-refractivity contribution in [2.45, 2.75) is 44.8 Å². The molecule has 1 atom stereocenters. The quantitative estimate of drug-likeness (QED) is 0.798. The Morgan fingerprint density at radius 2 is 2.35 bits per heavy atom. The van der Waals surface area contributed by atoms with Gasteiger partial charge in [0.2, 0.25) is 0 Å². The largest absolute Gasteiger partial charge is 0.481 e. The van der Waals surface area contributed by atoms with E-state index in [2.05, 4.69) is 21.0 Å². The fraction of sp³-hybridized carbons (Fsp3) is 0.500. The van der Waals surface area contributed by atoms with Crippen molar-refractivity contribution in [1.29, 1.82) is 0 Å². The average Bonchev–Trinajstić information content (AvgIpc) is 2.95. The molecule has 7 heteroatoms. The number of hydrogen-bond donors (Lipinski definition) is 1. The molecular formula is C16H18BrClN2O3. The first-order valence-electron chi connectivity index (χ1n) is 7.75. The molecule has 0 radical (unpaired) electrons. The Morgan fingerprint density at radius 3 is 3.04 bits per heavy atom. The molecule has 1 aromatic carbocycles. The van der Waals surface area contributed by atoms with Crippen LogP contribution < -0.4 is 0 Å². The topological polar surface area (TPSA) is 64.3 Å². The summed E-state index contributed by atoms with van der Waals surface area (Å²) in [5.41, 5.74) is 1.88. The van der Waals surface area contributed by atoms with Gasteiger partial charge in [-0.15, -0.1) is 0 Å². The predicted octanol–water partition coefficient (Wildman–Crippen LogP) is 4.56. The number of ether oxygens (including phenoxy) is 1. The molecule has 1 aromatic heterocycles. The zero-order chi connectivity index (χ0) is 16.4. The third-order valence-electron chi connectivity index (χ3n) is 4.13. The molecule has 1 unspecified atom stereocenters. The van der Waals surface area contributed by atoms with E-state index in [0.717, 1.165) is 46.8 Å². The van der Waals surface area contributed by atoms with Crippen LogP contribution in [0.1, 0.15) is 43.9 Å². The number of carbonyl (C=O) groups is 1. The predicted molar refractivity (Wildman–Crippen MR) is 91.9 cm³/mol. The second-order valence-electron chi connectivity index (χ2n) is 5.74. The van der Waals surface area contributed by atoms with Gasteiger partial charge < -0.3 is 9.84 Å². The summed E-state index contributed by atoms with van der Waals surface area (Å²) in [4.78, 5) is 10.7. The summed E-state index contributed by atoms with van der Waals surface area (Å²) >= 11 is 10.0. The Morgan fingerprint density at radius 1 is 1.52 bits per heavy atom. The van der Waals surface area contributed by atoms with Crippen LogP contribution in [0.2, 0.25) is 5.02 Å². The zero-order valence-corrected chi connectivity index (χ0v) is 14.9. The number of carboxylic acid groups (broad SMARTS) is 1. The van der Waals surface area contributed by atoms with E-state index in [1.54, 1.807) is 0 Å². The Labute approximate surface area is 147 Å². The second kappa shape index (κ2) is 7.20. The van der Waals surface area contributed by atoms with Gasteiger partial charge in [-0.2, -0.15) is 5.10 Å². The highest BCUT2D eigenvalue weighted by Gasteiger charge is 2.21. The SMILES string of the molecule is O=C(O)CCCc1c(Cl)cc2c(cnn2C2CCCCO2)c1Br. The normalized spacial score (nSPS) is 18.4. The third kappa shape index (κ3) is 3.54. The maximum Gasteiger partial charge on any atom is 0.303 e. The fourth-order valence-electron chi connectivity index (χ4n) is 2.95. The molecule has 124 valence electrons. The number of rotatable bonds is 5. The molecule has 2 aromatic rings. The maximum atomic E-state index is 10.7. The van der Waals surface area contributed by atoms with Crippen molar-refractivity contribution in [3.8, 4) is 0 Å². The zero-order valence-electron chi connectivity index (χ0n) is 12.6. The van der Waals surface area contributed by atoms with E-state index < -0.39 is 5.97 Å². The van der Waals surface area contributed by atoms with E-state index in [1.165, 1.54) is 0 Å². The Bertz CT molecular complexity index is 726. The van der Waals surface area contributed by atoms with Gasteiger partial charge in [0.1, 0.15) is 0 Å². The van der Waals surface area contributed by atoms with Crippen molar-refractivity contribution in [3.05, 3.63) is 27.3 Å². The molecule has 1 aliphatic heterocycles. The highest BCUT2D eigenvalue weighted by Crippen LogP contribution is 2.36. The lowest BCUT2D eigenvalue weighted by molar-refractivity contribution is -0.137. The van der Waals surface area contributed by atoms with Crippen molar-refractivity contribution in [2.24, 2.45) is 0 Å². The van der Waals surface area contributed by atoms with Crippen LogP contribution in [-0.4, -0.2) is 27.5 Å². The second-order valence-corrected chi connectivity index (χ2v) is 6.94. The smallest absolute Gasteiger partial charge is 0.303 e. The van der Waals surface area contributed by atoms with Crippen LogP contribution in [0.15, 0.2) is 16.7 Å². The highest BCUT2D eigenvalue weighted by atomic mass is 79.9. The summed E-state index contributed by atoms with van der Waals surface area (Å²) in [7, 11) is 0. The van der Waals surface area contributed by atoms with Gasteiger partial charge in [0.25, 0.3) is 0 Å². The third-order valence-corrected chi connectivity index (χ3v) is 5.38. The molecule has 0 saturated carbocycles. The molecule has 0 amide bonds. The number of aromatic nitrogens is 2. The summed E-state index contributed by atoms with van der Waals surface area (Å²) < 4.78 is 8.60. The Hall–Kier alpha value is -1.11. The van der Waals surface area contributed by atoms with Gasteiger partial charge in [0.05, 0.1) is 11.7 Å². The van der Waals surface area contributed by atoms with Gasteiger partial charge in [-0.3, -0.25) is 4.79 Å². The molecule has 0 spiro atoms. The van der Waals surface area contributed by atoms with E-state index >= 15 is 0 Å². The number of fused-ring (bicyclic) bond motifs is 1. The number of hydrogen-bond acceptors (Lipinski definition) is 3. The standard InChI is InChI=1S/C16H18BrClN2O3/c17-16-10(4-3-6-15(21)22)12(18)8-13-11(16)9-19-20(13)14-5-1-2-7-23-14/h8-9,14H,1-7H2,(H,21,22). The van der Waals surface area contributed by atoms with Gasteiger partial charge >= 0.3 is 5.97 Å². The first-order chi connectivity index (χ1) is 11.1. The number of benzene rings is 1. The van der Waals surface area contributed by atoms with Crippen LogP contribution in [0.4, 0.5) is 0 Å². The molecular weight excluding hydrogens is 384 g/mol. The highest BCUT2D eigenvalue weighted by molar-refractivity contribution is 9.10. The van der Waals surface area contributed by atoms with E-state index in [0.29, 0.717) is 17.9 Å². The van der Waals surface area contributed by atoms with Crippen LogP contribution in [0, 0.1) is 0 Å². The molecule has 0 aliphatic carbocycles. The lowest BCUT2D eigenvalue weighted by Gasteiger charge is -2.23. The lowest BCUT2D eigenvalue weighted by Crippen LogP contribution is -2.19. The fourth-order valence-corrected chi connectivity index (χ4v) is 4.07. The molecule has 3 rings (SSSR count). The summed E-state index contributed by atoms with van der Waals surface area (Å²) in [6.07, 6.45) is 6.26. The van der Waals surface area contributed by atoms with Crippen LogP contribution in [0.25, 0.3) is 10.9 Å². The van der Waals surface area contributed by atoms with Gasteiger partial charge in [-0.25, -0.2) is 4.68 Å². The summed E-state index contributed by atoms with van der Waals surface area (Å²) in [6, 6.07) is 1.91. The molecule has 2 heterocycles. The molecule has 1 fully saturated rings. The summed E-state index contributed by atoms with van der Waals surface area (Å²) in [5, 5.41) is 14.9. The minimum atomic E-state index is -0.791. The summed E-state index contributed by atoms with van der Waals surface area (Å²) in [5.74, 6) is -0.791. The van der Waals surface area contributed by atoms with Crippen LogP contribution in [0.5, 0.6) is 0 Å². The van der Waals surface area contributed by atoms with Crippen molar-refractivity contribution in [2.75, 3.05) is 6.61 Å². The van der Waals surface area contributed by atoms with E-state index in [4.69, 9.17) is 21.4 Å². The molecule has 5 nitrogen and oxygen atoms in total. The van der Waals surface area contributed by atoms with Gasteiger partial charge in [0.15, 0.2) is 6.23 Å². The average molecular weight is 402 g/mol. The number of carboxylic acids is 1. The van der Waals surface area contributed by atoms with Crippen LogP contribution in [-0.2, 0) is 16.0 Å². The first-order valence-corrected chi connectivity index (χ1v) is 8.92. The lowest BCUT2D eigenvalue weighted by atomic mass is 10.1. The molecule has 1 aliphatic rings. The maximum absolute atomic E-state index is 10.7. The van der Waals surface area contributed by atoms with Crippen LogP contribution in [0.3, 0.4) is 0 Å². The van der Waals surface area contributed by atoms with Gasteiger partial charge in [-0.05, 0) is 59.7 Å². The van der Waals surface area contributed by atoms with Crippen LogP contribution >= 0.6 is 27.5 Å². The molecule has 1 N–H and O–H groups in total. The van der Waals surface area contributed by atoms with E-state index in [-0.39, 0.29) is 12.6 Å². The minimum absolute atomic E-state index is 0.0397. The Balaban J connectivity index is 1.92. The minimum Gasteiger partial charge on any atom is -0.481 e. The van der Waals surface area contributed by atoms with Gasteiger partial charge in [-0.1, -0.05) is 11.6 Å².